The molecular weight excluding hydrogens is 773 g/mol. The second kappa shape index (κ2) is 14.4. The van der Waals surface area contributed by atoms with Gasteiger partial charge in [0, 0.05) is 26.5 Å². The second-order valence-electron chi connectivity index (χ2n) is 15.8. The molecule has 1 unspecified atom stereocenters. The van der Waals surface area contributed by atoms with E-state index in [0.717, 1.165) is 33.4 Å². The molecule has 4 nitrogen and oxygen atoms in total. The van der Waals surface area contributed by atoms with Gasteiger partial charge in [-0.3, -0.25) is 0 Å². The highest BCUT2D eigenvalue weighted by Gasteiger charge is 2.51. The Kier molecular flexibility index (Phi) is 8.35. The summed E-state index contributed by atoms with van der Waals surface area (Å²) in [6, 6.07) is 75.4. The van der Waals surface area contributed by atoms with Gasteiger partial charge in [0.15, 0.2) is 17.5 Å². The maximum atomic E-state index is 9.56. The Morgan fingerprint density at radius 2 is 0.887 bits per heavy atom. The van der Waals surface area contributed by atoms with Crippen LogP contribution in [0.25, 0.3) is 78.3 Å². The van der Waals surface area contributed by atoms with Crippen LogP contribution in [-0.4, -0.2) is 15.0 Å². The monoisotopic (exact) mass is 806 g/mol. The van der Waals surface area contributed by atoms with Crippen molar-refractivity contribution in [1.82, 2.24) is 15.0 Å². The maximum Gasteiger partial charge on any atom is 0.164 e. The molecule has 1 spiro atoms. The first kappa shape index (κ1) is 36.0. The third kappa shape index (κ3) is 5.58. The summed E-state index contributed by atoms with van der Waals surface area (Å²) >= 11 is 1.85. The molecule has 2 aliphatic rings. The highest BCUT2D eigenvalue weighted by molar-refractivity contribution is 7.99. The Labute approximate surface area is 363 Å². The van der Waals surface area contributed by atoms with Crippen LogP contribution in [-0.2, 0) is 5.41 Å². The molecule has 0 radical (unpaired) electrons. The standard InChI is InChI=1S/C57H34N4S/c58-35-36-23-25-37(26-24-36)42-31-32-52-49(33-42)57(48-21-11-12-22-51(48)62-52)47-20-10-9-19-45(47)53-44-18-8-7-17-43(44)46(34-50(53)57)38-27-29-41(30-28-38)56-60-54(39-13-3-1-4-14-39)59-55(61-56)40-15-5-2-6-16-40/h1-34H. The zero-order valence-corrected chi connectivity index (χ0v) is 34.1. The largest absolute Gasteiger partial charge is 0.208 e. The minimum Gasteiger partial charge on any atom is -0.208 e. The van der Waals surface area contributed by atoms with Gasteiger partial charge in [-0.1, -0.05) is 182 Å². The summed E-state index contributed by atoms with van der Waals surface area (Å²) in [5, 5.41) is 12.0. The summed E-state index contributed by atoms with van der Waals surface area (Å²) in [5.74, 6) is 1.91. The number of nitriles is 1. The lowest BCUT2D eigenvalue weighted by atomic mass is 9.66. The zero-order valence-electron chi connectivity index (χ0n) is 33.3. The smallest absolute Gasteiger partial charge is 0.164 e. The Morgan fingerprint density at radius 3 is 1.56 bits per heavy atom. The Bertz CT molecular complexity index is 3370. The van der Waals surface area contributed by atoms with Crippen LogP contribution in [0.15, 0.2) is 216 Å². The Balaban J connectivity index is 1.07. The van der Waals surface area contributed by atoms with Gasteiger partial charge in [-0.05, 0) is 103 Å². The fraction of sp³-hybridized carbons (Fsp3) is 0.0175. The van der Waals surface area contributed by atoms with E-state index in [1.807, 2.05) is 84.6 Å². The van der Waals surface area contributed by atoms with Crippen molar-refractivity contribution in [2.24, 2.45) is 0 Å². The van der Waals surface area contributed by atoms with Crippen molar-refractivity contribution in [3.8, 4) is 73.6 Å². The fourth-order valence-electron chi connectivity index (χ4n) is 9.65. The summed E-state index contributed by atoms with van der Waals surface area (Å²) in [4.78, 5) is 17.5. The minimum absolute atomic E-state index is 0.586. The van der Waals surface area contributed by atoms with Gasteiger partial charge in [0.25, 0.3) is 0 Å². The number of nitrogens with zero attached hydrogens (tertiary/aromatic N) is 4. The maximum absolute atomic E-state index is 9.56. The van der Waals surface area contributed by atoms with Crippen LogP contribution in [0.1, 0.15) is 27.8 Å². The molecule has 0 saturated carbocycles. The third-order valence-corrected chi connectivity index (χ3v) is 13.6. The van der Waals surface area contributed by atoms with E-state index >= 15 is 0 Å². The van der Waals surface area contributed by atoms with E-state index in [9.17, 15) is 5.26 Å². The number of hydrogen-bond donors (Lipinski definition) is 0. The Morgan fingerprint density at radius 1 is 0.371 bits per heavy atom. The van der Waals surface area contributed by atoms with Crippen molar-refractivity contribution in [2.75, 3.05) is 0 Å². The van der Waals surface area contributed by atoms with Gasteiger partial charge in [-0.15, -0.1) is 0 Å². The quantitative estimate of drug-likeness (QED) is 0.173. The van der Waals surface area contributed by atoms with Crippen molar-refractivity contribution in [1.29, 1.82) is 5.26 Å². The van der Waals surface area contributed by atoms with E-state index in [2.05, 4.69) is 140 Å². The SMILES string of the molecule is N#Cc1ccc(-c2ccc3c(c2)C2(c4ccccc4S3)c3ccccc3-c3c2cc(-c2ccc(-c4nc(-c5ccccc5)nc(-c5ccccc5)n4)cc2)c2ccccc32)cc1. The molecule has 0 fully saturated rings. The molecule has 12 rings (SSSR count). The molecule has 2 heterocycles. The Hall–Kier alpha value is -7.91. The van der Waals surface area contributed by atoms with Gasteiger partial charge in [-0.2, -0.15) is 5.26 Å². The summed E-state index contributed by atoms with van der Waals surface area (Å²) in [6.07, 6.45) is 0. The van der Waals surface area contributed by atoms with Crippen molar-refractivity contribution in [2.45, 2.75) is 15.2 Å². The van der Waals surface area contributed by atoms with Crippen LogP contribution in [0.5, 0.6) is 0 Å². The molecule has 10 aromatic rings. The first-order valence-electron chi connectivity index (χ1n) is 20.7. The molecular formula is C57H34N4S. The molecule has 5 heteroatoms. The van der Waals surface area contributed by atoms with Crippen molar-refractivity contribution in [3.63, 3.8) is 0 Å². The average molecular weight is 807 g/mol. The molecule has 0 amide bonds. The van der Waals surface area contributed by atoms with Crippen LogP contribution in [0.4, 0.5) is 0 Å². The van der Waals surface area contributed by atoms with E-state index in [-0.39, 0.29) is 0 Å². The number of rotatable bonds is 5. The minimum atomic E-state index is -0.586. The highest BCUT2D eigenvalue weighted by Crippen LogP contribution is 2.64. The van der Waals surface area contributed by atoms with E-state index in [4.69, 9.17) is 15.0 Å². The summed E-state index contributed by atoms with van der Waals surface area (Å²) in [6.45, 7) is 0. The van der Waals surface area contributed by atoms with Crippen LogP contribution in [0, 0.1) is 11.3 Å². The predicted molar refractivity (Wildman–Crippen MR) is 251 cm³/mol. The molecule has 62 heavy (non-hydrogen) atoms. The van der Waals surface area contributed by atoms with Crippen LogP contribution in [0.3, 0.4) is 0 Å². The van der Waals surface area contributed by atoms with Gasteiger partial charge in [0.1, 0.15) is 0 Å². The zero-order chi connectivity index (χ0) is 41.2. The molecule has 9 aromatic carbocycles. The van der Waals surface area contributed by atoms with Crippen molar-refractivity contribution in [3.05, 3.63) is 234 Å². The van der Waals surface area contributed by atoms with E-state index < -0.39 is 5.41 Å². The lowest BCUT2D eigenvalue weighted by Crippen LogP contribution is -2.32. The first-order valence-corrected chi connectivity index (χ1v) is 21.6. The van der Waals surface area contributed by atoms with Gasteiger partial charge in [0.05, 0.1) is 17.0 Å². The molecule has 1 aromatic heterocycles. The van der Waals surface area contributed by atoms with Crippen LogP contribution in [0.2, 0.25) is 0 Å². The number of aromatic nitrogens is 3. The van der Waals surface area contributed by atoms with Crippen molar-refractivity contribution < 1.29 is 0 Å². The summed E-state index contributed by atoms with van der Waals surface area (Å²) in [7, 11) is 0. The number of benzene rings is 9. The molecule has 1 atom stereocenters. The predicted octanol–water partition coefficient (Wildman–Crippen LogP) is 14.1. The first-order chi connectivity index (χ1) is 30.7. The highest BCUT2D eigenvalue weighted by atomic mass is 32.2. The molecule has 1 aliphatic heterocycles. The topological polar surface area (TPSA) is 62.5 Å². The molecule has 288 valence electrons. The average Bonchev–Trinajstić information content (AvgIpc) is 3.64. The second-order valence-corrected chi connectivity index (χ2v) is 16.9. The van der Waals surface area contributed by atoms with Gasteiger partial charge >= 0.3 is 0 Å². The van der Waals surface area contributed by atoms with Gasteiger partial charge in [0.2, 0.25) is 0 Å². The summed E-state index contributed by atoms with van der Waals surface area (Å²) in [5.41, 5.74) is 15.0. The lowest BCUT2D eigenvalue weighted by Gasteiger charge is -2.40. The summed E-state index contributed by atoms with van der Waals surface area (Å²) < 4.78 is 0. The van der Waals surface area contributed by atoms with Crippen LogP contribution >= 0.6 is 11.8 Å². The van der Waals surface area contributed by atoms with Gasteiger partial charge in [-0.25, -0.2) is 15.0 Å². The van der Waals surface area contributed by atoms with E-state index in [1.54, 1.807) is 0 Å². The fourth-order valence-corrected chi connectivity index (χ4v) is 10.8. The number of fused-ring (bicyclic) bond motifs is 11. The molecule has 0 N–H and O–H groups in total. The molecule has 0 bridgehead atoms. The molecule has 1 aliphatic carbocycles. The van der Waals surface area contributed by atoms with E-state index in [1.165, 1.54) is 59.5 Å². The van der Waals surface area contributed by atoms with Gasteiger partial charge < -0.3 is 0 Å². The van der Waals surface area contributed by atoms with E-state index in [0.29, 0.717) is 23.0 Å². The number of hydrogen-bond acceptors (Lipinski definition) is 5. The third-order valence-electron chi connectivity index (χ3n) is 12.4. The van der Waals surface area contributed by atoms with Crippen LogP contribution < -0.4 is 0 Å². The normalized spacial score (nSPS) is 14.4. The molecule has 0 saturated heterocycles. The van der Waals surface area contributed by atoms with Crippen molar-refractivity contribution >= 4 is 22.5 Å². The lowest BCUT2D eigenvalue weighted by molar-refractivity contribution is 0.723.